The van der Waals surface area contributed by atoms with Gasteiger partial charge >= 0.3 is 11.9 Å². The smallest absolute Gasteiger partial charge is 0.340 e. The molecule has 4 nitrogen and oxygen atoms in total. The maximum absolute atomic E-state index is 11.2. The fourth-order valence-electron chi connectivity index (χ4n) is 2.52. The van der Waals surface area contributed by atoms with Crippen molar-refractivity contribution in [2.75, 3.05) is 7.11 Å². The maximum Gasteiger partial charge on any atom is 0.340 e. The highest BCUT2D eigenvalue weighted by Crippen LogP contribution is 2.30. The molecule has 0 radical (unpaired) electrons. The van der Waals surface area contributed by atoms with Crippen LogP contribution >= 0.6 is 124 Å². The lowest BCUT2D eigenvalue weighted by atomic mass is 10.2. The maximum atomic E-state index is 11.2. The minimum atomic E-state index is -0.823. The van der Waals surface area contributed by atoms with Gasteiger partial charge in [-0.15, -0.1) is 34.0 Å². The summed E-state index contributed by atoms with van der Waals surface area (Å²) in [6.45, 7) is 12.1. The summed E-state index contributed by atoms with van der Waals surface area (Å²) in [5, 5.41) is 8.76. The molecule has 32 heavy (non-hydrogen) atoms. The Kier molecular flexibility index (Phi) is 13.5. The van der Waals surface area contributed by atoms with E-state index < -0.39 is 5.97 Å². The topological polar surface area (TPSA) is 63.6 Å². The normalized spacial score (nSPS) is 10.1. The molecule has 0 spiro atoms. The number of carboxylic acids is 1. The van der Waals surface area contributed by atoms with Crippen LogP contribution in [0.3, 0.4) is 0 Å². The molecule has 3 heterocycles. The predicted molar refractivity (Wildman–Crippen MR) is 171 cm³/mol. The first-order valence-electron chi connectivity index (χ1n) is 8.97. The van der Waals surface area contributed by atoms with Gasteiger partial charge in [0.25, 0.3) is 0 Å². The molecule has 3 aromatic heterocycles. The molecular weight excluding hydrogens is 920 g/mol. The second-order valence-electron chi connectivity index (χ2n) is 6.45. The number of hydrogen-bond donors (Lipinski definition) is 1. The van der Waals surface area contributed by atoms with Crippen molar-refractivity contribution in [3.05, 3.63) is 54.7 Å². The molecule has 11 heteroatoms. The Labute approximate surface area is 255 Å². The molecule has 0 aliphatic heterocycles. The van der Waals surface area contributed by atoms with Crippen LogP contribution in [0.4, 0.5) is 0 Å². The first-order valence-corrected chi connectivity index (χ1v) is 15.7. The number of esters is 1. The Morgan fingerprint density at radius 1 is 0.625 bits per heavy atom. The van der Waals surface area contributed by atoms with Crippen LogP contribution in [0.2, 0.25) is 0 Å². The Balaban J connectivity index is 0.000000242. The Bertz CT molecular complexity index is 1110. The first kappa shape index (κ1) is 31.0. The zero-order valence-electron chi connectivity index (χ0n) is 18.4. The molecule has 0 amide bonds. The molecule has 3 rings (SSSR count). The standard InChI is InChI=1S/C8H9IO2S.C7H7IO2S.C6H6I2S/c1-4-6(8(10)11-3)7(9)5(2)12-4;1-3-5(7(9)10)6(8)4(2)11-3;1-3-5(7)6(8)4(2)9-3/h1-3H3;1-2H3,(H,9,10);1-2H3. The van der Waals surface area contributed by atoms with E-state index in [1.165, 1.54) is 40.2 Å². The van der Waals surface area contributed by atoms with E-state index in [1.54, 1.807) is 11.3 Å². The summed E-state index contributed by atoms with van der Waals surface area (Å²) in [5.74, 6) is -1.06. The van der Waals surface area contributed by atoms with E-state index in [9.17, 15) is 9.59 Å². The summed E-state index contributed by atoms with van der Waals surface area (Å²) in [5.41, 5.74) is 1.19. The average molecular weight is 942 g/mol. The molecule has 0 aromatic carbocycles. The number of halogens is 4. The monoisotopic (exact) mass is 942 g/mol. The van der Waals surface area contributed by atoms with Crippen LogP contribution in [0.1, 0.15) is 50.0 Å². The molecule has 0 fully saturated rings. The fourth-order valence-corrected chi connectivity index (χ4v) is 9.37. The summed E-state index contributed by atoms with van der Waals surface area (Å²) in [4.78, 5) is 29.0. The molecule has 0 bridgehead atoms. The van der Waals surface area contributed by atoms with E-state index in [1.807, 2.05) is 39.0 Å². The van der Waals surface area contributed by atoms with Crippen molar-refractivity contribution < 1.29 is 19.4 Å². The van der Waals surface area contributed by atoms with Crippen molar-refractivity contribution in [2.45, 2.75) is 41.5 Å². The van der Waals surface area contributed by atoms with Crippen LogP contribution in [0.25, 0.3) is 0 Å². The van der Waals surface area contributed by atoms with Gasteiger partial charge in [-0.1, -0.05) is 0 Å². The van der Waals surface area contributed by atoms with Gasteiger partial charge < -0.3 is 9.84 Å². The summed E-state index contributed by atoms with van der Waals surface area (Å²) in [6, 6.07) is 0. The quantitative estimate of drug-likeness (QED) is 0.206. The molecule has 176 valence electrons. The van der Waals surface area contributed by atoms with Gasteiger partial charge in [0.1, 0.15) is 0 Å². The highest BCUT2D eigenvalue weighted by molar-refractivity contribution is 14.1. The van der Waals surface area contributed by atoms with Crippen LogP contribution in [-0.4, -0.2) is 24.2 Å². The van der Waals surface area contributed by atoms with E-state index in [0.717, 1.165) is 27.3 Å². The third-order valence-electron chi connectivity index (χ3n) is 4.09. The molecular formula is C21H22I4O4S3. The Hall–Kier alpha value is 0.960. The number of aromatic carboxylic acids is 1. The summed E-state index contributed by atoms with van der Waals surface area (Å²) >= 11 is 14.1. The van der Waals surface area contributed by atoms with Crippen LogP contribution in [0, 0.1) is 55.8 Å². The minimum Gasteiger partial charge on any atom is -0.478 e. The van der Waals surface area contributed by atoms with E-state index in [4.69, 9.17) is 5.11 Å². The Morgan fingerprint density at radius 3 is 1.12 bits per heavy atom. The number of ether oxygens (including phenoxy) is 1. The zero-order valence-corrected chi connectivity index (χ0v) is 29.5. The van der Waals surface area contributed by atoms with E-state index in [0.29, 0.717) is 5.56 Å². The van der Waals surface area contributed by atoms with Crippen LogP contribution in [-0.2, 0) is 4.74 Å². The molecule has 1 N–H and O–H groups in total. The minimum absolute atomic E-state index is 0.235. The van der Waals surface area contributed by atoms with E-state index in [2.05, 4.69) is 109 Å². The number of carboxylic acid groups (broad SMARTS) is 1. The van der Waals surface area contributed by atoms with Gasteiger partial charge in [0, 0.05) is 43.5 Å². The summed E-state index contributed by atoms with van der Waals surface area (Å²) < 4.78 is 9.42. The van der Waals surface area contributed by atoms with Gasteiger partial charge in [-0.2, -0.15) is 0 Å². The molecule has 0 aliphatic carbocycles. The number of methoxy groups -OCH3 is 1. The highest BCUT2D eigenvalue weighted by atomic mass is 127. The van der Waals surface area contributed by atoms with Crippen molar-refractivity contribution in [1.82, 2.24) is 0 Å². The van der Waals surface area contributed by atoms with Crippen molar-refractivity contribution >= 4 is 136 Å². The highest BCUT2D eigenvalue weighted by Gasteiger charge is 2.18. The van der Waals surface area contributed by atoms with Gasteiger partial charge in [0.15, 0.2) is 0 Å². The molecule has 0 saturated heterocycles. The molecule has 3 aromatic rings. The van der Waals surface area contributed by atoms with Gasteiger partial charge in [-0.25, -0.2) is 9.59 Å². The average Bonchev–Trinajstić information content (AvgIpc) is 3.21. The van der Waals surface area contributed by atoms with Crippen LogP contribution < -0.4 is 0 Å². The third-order valence-corrected chi connectivity index (χ3v) is 15.0. The number of aryl methyl sites for hydroxylation is 6. The zero-order chi connectivity index (χ0) is 24.9. The number of thiophene rings is 3. The fraction of sp³-hybridized carbons (Fsp3) is 0.333. The lowest BCUT2D eigenvalue weighted by Crippen LogP contribution is -2.03. The second kappa shape index (κ2) is 13.9. The van der Waals surface area contributed by atoms with Gasteiger partial charge in [0.05, 0.1) is 18.2 Å². The predicted octanol–water partition coefficient (Wildman–Crippen LogP) is 9.00. The summed E-state index contributed by atoms with van der Waals surface area (Å²) in [7, 11) is 1.41. The van der Waals surface area contributed by atoms with Gasteiger partial charge in [0.2, 0.25) is 0 Å². The Morgan fingerprint density at radius 2 is 0.938 bits per heavy atom. The summed E-state index contributed by atoms with van der Waals surface area (Å²) in [6.07, 6.45) is 0. The van der Waals surface area contributed by atoms with Crippen LogP contribution in [0.5, 0.6) is 0 Å². The number of carbonyl (C=O) groups excluding carboxylic acids is 1. The van der Waals surface area contributed by atoms with E-state index in [-0.39, 0.29) is 5.97 Å². The third kappa shape index (κ3) is 7.99. The van der Waals surface area contributed by atoms with Crippen LogP contribution in [0.15, 0.2) is 0 Å². The lowest BCUT2D eigenvalue weighted by Gasteiger charge is -1.97. The molecule has 0 unspecified atom stereocenters. The van der Waals surface area contributed by atoms with Crippen molar-refractivity contribution in [3.8, 4) is 0 Å². The number of carbonyl (C=O) groups is 2. The second-order valence-corrected chi connectivity index (χ2v) is 15.0. The van der Waals surface area contributed by atoms with Crippen molar-refractivity contribution in [3.63, 3.8) is 0 Å². The lowest BCUT2D eigenvalue weighted by molar-refractivity contribution is 0.0598. The number of hydrogen-bond acceptors (Lipinski definition) is 6. The largest absolute Gasteiger partial charge is 0.478 e. The van der Waals surface area contributed by atoms with Crippen molar-refractivity contribution in [2.24, 2.45) is 0 Å². The van der Waals surface area contributed by atoms with Crippen molar-refractivity contribution in [1.29, 1.82) is 0 Å². The molecule has 0 atom stereocenters. The van der Waals surface area contributed by atoms with Gasteiger partial charge in [-0.3, -0.25) is 0 Å². The molecule has 0 saturated carbocycles. The number of rotatable bonds is 2. The SMILES string of the molecule is COC(=O)c1c(C)sc(C)c1I.Cc1sc(C)c(C(=O)O)c1I.Cc1sc(C)c(I)c1I. The van der Waals surface area contributed by atoms with Gasteiger partial charge in [-0.05, 0) is 132 Å². The van der Waals surface area contributed by atoms with E-state index >= 15 is 0 Å². The first-order chi connectivity index (χ1) is 14.7. The molecule has 0 aliphatic rings.